The zero-order chi connectivity index (χ0) is 20.3. The highest BCUT2D eigenvalue weighted by Crippen LogP contribution is 2.17. The van der Waals surface area contributed by atoms with Gasteiger partial charge in [0.15, 0.2) is 11.4 Å². The Bertz CT molecular complexity index is 1060. The van der Waals surface area contributed by atoms with Gasteiger partial charge in [0, 0.05) is 6.07 Å². The molecule has 28 heavy (non-hydrogen) atoms. The highest BCUT2D eigenvalue weighted by molar-refractivity contribution is 5.94. The Hall–Kier alpha value is -3.41. The van der Waals surface area contributed by atoms with Gasteiger partial charge in [-0.3, -0.25) is 9.59 Å². The van der Waals surface area contributed by atoms with Crippen LogP contribution in [0.3, 0.4) is 0 Å². The van der Waals surface area contributed by atoms with Gasteiger partial charge in [-0.05, 0) is 49.1 Å². The molecule has 0 spiro atoms. The molecule has 2 N–H and O–H groups in total. The Morgan fingerprint density at radius 1 is 1.18 bits per heavy atom. The van der Waals surface area contributed by atoms with E-state index in [0.29, 0.717) is 5.69 Å². The molecule has 1 amide bonds. The number of nitrogens with one attached hydrogen (secondary N) is 1. The highest BCUT2D eigenvalue weighted by Gasteiger charge is 2.19. The van der Waals surface area contributed by atoms with E-state index in [2.05, 4.69) is 17.3 Å². The standard InChI is InChI=1S/C22H23N3O3/c1-4-16-8-10-17(11-9-16)15(3)23-22(28)21-19(26)13-20(27)25(24-21)18-7-5-6-14(2)12-18/h5-13,15,26H,4H2,1-3H3,(H,23,28). The summed E-state index contributed by atoms with van der Waals surface area (Å²) in [6.45, 7) is 5.83. The molecule has 6 nitrogen and oxygen atoms in total. The van der Waals surface area contributed by atoms with Gasteiger partial charge in [-0.1, -0.05) is 43.3 Å². The topological polar surface area (TPSA) is 84.2 Å². The average Bonchev–Trinajstić information content (AvgIpc) is 2.68. The molecule has 144 valence electrons. The van der Waals surface area contributed by atoms with Crippen LogP contribution in [0.4, 0.5) is 0 Å². The minimum Gasteiger partial charge on any atom is -0.505 e. The first kappa shape index (κ1) is 19.4. The van der Waals surface area contributed by atoms with E-state index in [1.807, 2.05) is 44.2 Å². The zero-order valence-corrected chi connectivity index (χ0v) is 16.1. The third kappa shape index (κ3) is 4.11. The maximum Gasteiger partial charge on any atom is 0.276 e. The Balaban J connectivity index is 1.88. The number of aromatic hydroxyl groups is 1. The predicted molar refractivity (Wildman–Crippen MR) is 108 cm³/mol. The van der Waals surface area contributed by atoms with Crippen LogP contribution in [0.5, 0.6) is 5.75 Å². The lowest BCUT2D eigenvalue weighted by atomic mass is 10.0. The van der Waals surface area contributed by atoms with Crippen LogP contribution in [-0.4, -0.2) is 20.8 Å². The van der Waals surface area contributed by atoms with Crippen LogP contribution in [0.25, 0.3) is 5.69 Å². The average molecular weight is 377 g/mol. The lowest BCUT2D eigenvalue weighted by Crippen LogP contribution is -2.31. The van der Waals surface area contributed by atoms with E-state index in [-0.39, 0.29) is 11.7 Å². The number of nitrogens with zero attached hydrogens (tertiary/aromatic N) is 2. The van der Waals surface area contributed by atoms with E-state index in [4.69, 9.17) is 0 Å². The van der Waals surface area contributed by atoms with Crippen molar-refractivity contribution in [3.8, 4) is 11.4 Å². The molecular formula is C22H23N3O3. The number of amides is 1. The molecule has 3 aromatic rings. The van der Waals surface area contributed by atoms with Crippen LogP contribution in [0.1, 0.15) is 47.1 Å². The molecular weight excluding hydrogens is 354 g/mol. The van der Waals surface area contributed by atoms with E-state index in [9.17, 15) is 14.7 Å². The van der Waals surface area contributed by atoms with E-state index in [0.717, 1.165) is 28.3 Å². The molecule has 0 radical (unpaired) electrons. The summed E-state index contributed by atoms with van der Waals surface area (Å²) >= 11 is 0. The van der Waals surface area contributed by atoms with Gasteiger partial charge < -0.3 is 10.4 Å². The van der Waals surface area contributed by atoms with Crippen LogP contribution in [0.2, 0.25) is 0 Å². The van der Waals surface area contributed by atoms with Crippen LogP contribution < -0.4 is 10.9 Å². The summed E-state index contributed by atoms with van der Waals surface area (Å²) in [5.74, 6) is -0.995. The van der Waals surface area contributed by atoms with E-state index in [1.165, 1.54) is 5.56 Å². The Kier molecular flexibility index (Phi) is 5.59. The molecule has 3 rings (SSSR count). The molecule has 0 fully saturated rings. The van der Waals surface area contributed by atoms with E-state index >= 15 is 0 Å². The number of aromatic nitrogens is 2. The monoisotopic (exact) mass is 377 g/mol. The molecule has 0 saturated heterocycles. The second kappa shape index (κ2) is 8.08. The van der Waals surface area contributed by atoms with Crippen LogP contribution >= 0.6 is 0 Å². The summed E-state index contributed by atoms with van der Waals surface area (Å²) in [5.41, 5.74) is 2.93. The fraction of sp³-hybridized carbons (Fsp3) is 0.227. The van der Waals surface area contributed by atoms with Crippen molar-refractivity contribution in [1.82, 2.24) is 15.1 Å². The molecule has 6 heteroatoms. The fourth-order valence-electron chi connectivity index (χ4n) is 2.94. The van der Waals surface area contributed by atoms with Crippen LogP contribution in [0.15, 0.2) is 59.4 Å². The lowest BCUT2D eigenvalue weighted by molar-refractivity contribution is 0.0930. The quantitative estimate of drug-likeness (QED) is 0.715. The number of aryl methyl sites for hydroxylation is 2. The zero-order valence-electron chi connectivity index (χ0n) is 16.1. The van der Waals surface area contributed by atoms with Gasteiger partial charge in [-0.2, -0.15) is 9.78 Å². The number of carbonyl (C=O) groups excluding carboxylic acids is 1. The van der Waals surface area contributed by atoms with Crippen molar-refractivity contribution in [3.05, 3.63) is 87.3 Å². The van der Waals surface area contributed by atoms with Gasteiger partial charge in [-0.25, -0.2) is 0 Å². The predicted octanol–water partition coefficient (Wildman–Crippen LogP) is 3.30. The minimum atomic E-state index is -0.550. The summed E-state index contributed by atoms with van der Waals surface area (Å²) < 4.78 is 1.11. The van der Waals surface area contributed by atoms with Gasteiger partial charge in [0.25, 0.3) is 11.5 Å². The van der Waals surface area contributed by atoms with E-state index < -0.39 is 17.2 Å². The molecule has 0 aliphatic heterocycles. The van der Waals surface area contributed by atoms with Gasteiger partial charge in [0.05, 0.1) is 11.7 Å². The van der Waals surface area contributed by atoms with Gasteiger partial charge in [-0.15, -0.1) is 0 Å². The molecule has 0 bridgehead atoms. The number of rotatable bonds is 5. The minimum absolute atomic E-state index is 0.196. The highest BCUT2D eigenvalue weighted by atomic mass is 16.3. The molecule has 1 unspecified atom stereocenters. The van der Waals surface area contributed by atoms with Crippen molar-refractivity contribution in [3.63, 3.8) is 0 Å². The molecule has 1 atom stereocenters. The van der Waals surface area contributed by atoms with Crippen molar-refractivity contribution in [2.75, 3.05) is 0 Å². The van der Waals surface area contributed by atoms with Crippen molar-refractivity contribution in [2.24, 2.45) is 0 Å². The first-order valence-electron chi connectivity index (χ1n) is 9.19. The molecule has 0 aliphatic rings. The third-order valence-corrected chi connectivity index (χ3v) is 4.61. The third-order valence-electron chi connectivity index (χ3n) is 4.61. The second-order valence-electron chi connectivity index (χ2n) is 6.76. The maximum atomic E-state index is 12.7. The number of hydrogen-bond acceptors (Lipinski definition) is 4. The maximum absolute atomic E-state index is 12.7. The Morgan fingerprint density at radius 3 is 2.54 bits per heavy atom. The van der Waals surface area contributed by atoms with Crippen molar-refractivity contribution >= 4 is 5.91 Å². The smallest absolute Gasteiger partial charge is 0.276 e. The van der Waals surface area contributed by atoms with E-state index in [1.54, 1.807) is 18.2 Å². The molecule has 0 aliphatic carbocycles. The molecule has 0 saturated carbocycles. The number of benzene rings is 2. The van der Waals surface area contributed by atoms with Crippen LogP contribution in [-0.2, 0) is 6.42 Å². The SMILES string of the molecule is CCc1ccc(C(C)NC(=O)c2nn(-c3cccc(C)c3)c(=O)cc2O)cc1. The first-order valence-corrected chi connectivity index (χ1v) is 9.19. The molecule has 1 aromatic heterocycles. The van der Waals surface area contributed by atoms with Gasteiger partial charge in [0.1, 0.15) is 0 Å². The summed E-state index contributed by atoms with van der Waals surface area (Å²) in [7, 11) is 0. The normalized spacial score (nSPS) is 11.8. The summed E-state index contributed by atoms with van der Waals surface area (Å²) in [5, 5.41) is 17.0. The molecule has 1 heterocycles. The fourth-order valence-corrected chi connectivity index (χ4v) is 2.94. The Labute approximate surface area is 163 Å². The first-order chi connectivity index (χ1) is 13.4. The lowest BCUT2D eigenvalue weighted by Gasteiger charge is -2.15. The number of hydrogen-bond donors (Lipinski definition) is 2. The van der Waals surface area contributed by atoms with Crippen molar-refractivity contribution in [1.29, 1.82) is 0 Å². The Morgan fingerprint density at radius 2 is 1.89 bits per heavy atom. The summed E-state index contributed by atoms with van der Waals surface area (Å²) in [4.78, 5) is 24.9. The van der Waals surface area contributed by atoms with Crippen molar-refractivity contribution in [2.45, 2.75) is 33.2 Å². The largest absolute Gasteiger partial charge is 0.505 e. The summed E-state index contributed by atoms with van der Waals surface area (Å²) in [6, 6.07) is 15.9. The second-order valence-corrected chi connectivity index (χ2v) is 6.76. The number of carbonyl (C=O) groups is 1. The van der Waals surface area contributed by atoms with Gasteiger partial charge >= 0.3 is 0 Å². The summed E-state index contributed by atoms with van der Waals surface area (Å²) in [6.07, 6.45) is 0.944. The van der Waals surface area contributed by atoms with Crippen molar-refractivity contribution < 1.29 is 9.90 Å². The van der Waals surface area contributed by atoms with Crippen LogP contribution in [0, 0.1) is 6.92 Å². The molecule has 2 aromatic carbocycles. The van der Waals surface area contributed by atoms with Gasteiger partial charge in [0.2, 0.25) is 0 Å².